The highest BCUT2D eigenvalue weighted by atomic mass is 16.7. The van der Waals surface area contributed by atoms with Crippen molar-refractivity contribution in [3.8, 4) is 0 Å². The number of hydrogen-bond donors (Lipinski definition) is 5. The predicted octanol–water partition coefficient (Wildman–Crippen LogP) is 4.22. The first kappa shape index (κ1) is 36.5. The van der Waals surface area contributed by atoms with Crippen molar-refractivity contribution in [1.29, 1.82) is 0 Å². The second kappa shape index (κ2) is 17.3. The molecule has 0 aromatic heterocycles. The maximum Gasteiger partial charge on any atom is 0.247 e. The Morgan fingerprint density at radius 3 is 2.20 bits per heavy atom. The normalized spacial score (nSPS) is 21.7. The zero-order valence-corrected chi connectivity index (χ0v) is 29.0. The third-order valence-electron chi connectivity index (χ3n) is 10.3. The summed E-state index contributed by atoms with van der Waals surface area (Å²) in [5.41, 5.74) is 5.84. The Labute approximate surface area is 299 Å². The number of nitrogens with zero attached hydrogens (tertiary/aromatic N) is 2. The maximum atomic E-state index is 13.2. The molecule has 1 spiro atoms. The van der Waals surface area contributed by atoms with E-state index in [4.69, 9.17) is 14.7 Å². The van der Waals surface area contributed by atoms with Crippen LogP contribution in [-0.4, -0.2) is 70.9 Å². The van der Waals surface area contributed by atoms with Crippen LogP contribution < -0.4 is 21.0 Å². The number of carbonyl (C=O) groups excluding carboxylic acids is 3. The number of anilines is 1. The van der Waals surface area contributed by atoms with Crippen LogP contribution in [0.1, 0.15) is 86.0 Å². The summed E-state index contributed by atoms with van der Waals surface area (Å²) in [6, 6.07) is 25.9. The number of piperidine rings is 1. The highest BCUT2D eigenvalue weighted by molar-refractivity contribution is 5.93. The molecule has 51 heavy (non-hydrogen) atoms. The molecule has 0 bridgehead atoms. The number of para-hydroxylation sites is 1. The van der Waals surface area contributed by atoms with E-state index in [0.29, 0.717) is 45.4 Å². The molecule has 0 unspecified atom stereocenters. The van der Waals surface area contributed by atoms with Crippen molar-refractivity contribution in [2.75, 3.05) is 31.2 Å². The van der Waals surface area contributed by atoms with Gasteiger partial charge in [0.15, 0.2) is 6.29 Å². The largest absolute Gasteiger partial charge is 0.392 e. The van der Waals surface area contributed by atoms with Crippen molar-refractivity contribution < 1.29 is 34.2 Å². The van der Waals surface area contributed by atoms with Crippen molar-refractivity contribution in [3.05, 3.63) is 101 Å². The molecule has 0 aliphatic carbocycles. The van der Waals surface area contributed by atoms with Gasteiger partial charge >= 0.3 is 0 Å². The highest BCUT2D eigenvalue weighted by Crippen LogP contribution is 2.40. The molecule has 3 aromatic carbocycles. The summed E-state index contributed by atoms with van der Waals surface area (Å²) in [6.07, 6.45) is 3.86. The molecule has 3 aromatic rings. The molecular formula is C39H49N5O7. The molecule has 3 fully saturated rings. The van der Waals surface area contributed by atoms with Crippen molar-refractivity contribution >= 4 is 23.4 Å². The van der Waals surface area contributed by atoms with E-state index in [9.17, 15) is 19.5 Å². The number of hydroxylamine groups is 1. The zero-order chi connectivity index (χ0) is 35.6. The second-order valence-corrected chi connectivity index (χ2v) is 13.7. The van der Waals surface area contributed by atoms with Crippen LogP contribution in [0.15, 0.2) is 78.9 Å². The molecular weight excluding hydrogens is 650 g/mol. The molecule has 3 heterocycles. The predicted molar refractivity (Wildman–Crippen MR) is 190 cm³/mol. The Bertz CT molecular complexity index is 1600. The number of aliphatic hydroxyl groups is 1. The number of rotatable bonds is 14. The Morgan fingerprint density at radius 1 is 0.843 bits per heavy atom. The van der Waals surface area contributed by atoms with Gasteiger partial charge in [-0.2, -0.15) is 0 Å². The Balaban J connectivity index is 1.06. The summed E-state index contributed by atoms with van der Waals surface area (Å²) in [7, 11) is 0. The quantitative estimate of drug-likeness (QED) is 0.0946. The SMILES string of the molecule is O=C(CCCCCC(=O)NCc1ccc([C@H]2O[C@@H](CN3CCC4(CC3)C(=O)NCN4c3ccccc3)C[C@@H](c3ccc(CO)cc3)O2)cc1)NO. The Morgan fingerprint density at radius 2 is 1.51 bits per heavy atom. The molecule has 3 aliphatic heterocycles. The number of hydrogen-bond acceptors (Lipinski definition) is 9. The number of benzene rings is 3. The van der Waals surface area contributed by atoms with Gasteiger partial charge in [-0.25, -0.2) is 5.48 Å². The minimum atomic E-state index is -0.590. The molecule has 6 rings (SSSR count). The molecule has 12 heteroatoms. The van der Waals surface area contributed by atoms with Gasteiger partial charge in [-0.15, -0.1) is 0 Å². The minimum Gasteiger partial charge on any atom is -0.392 e. The molecule has 12 nitrogen and oxygen atoms in total. The van der Waals surface area contributed by atoms with E-state index in [1.807, 2.05) is 66.7 Å². The maximum absolute atomic E-state index is 13.2. The van der Waals surface area contributed by atoms with Crippen LogP contribution in [0.25, 0.3) is 0 Å². The fourth-order valence-corrected chi connectivity index (χ4v) is 7.34. The van der Waals surface area contributed by atoms with Crippen LogP contribution in [0.4, 0.5) is 5.69 Å². The van der Waals surface area contributed by atoms with Crippen molar-refractivity contribution in [1.82, 2.24) is 21.0 Å². The summed E-state index contributed by atoms with van der Waals surface area (Å²) in [5, 5.41) is 24.2. The first-order valence-electron chi connectivity index (χ1n) is 18.0. The number of amides is 3. The van der Waals surface area contributed by atoms with Crippen molar-refractivity contribution in [2.45, 2.75) is 88.6 Å². The van der Waals surface area contributed by atoms with E-state index in [0.717, 1.165) is 60.3 Å². The second-order valence-electron chi connectivity index (χ2n) is 13.7. The molecule has 3 aliphatic rings. The third kappa shape index (κ3) is 9.13. The van der Waals surface area contributed by atoms with Crippen LogP contribution in [0, 0.1) is 0 Å². The average molecular weight is 700 g/mol. The molecule has 5 N–H and O–H groups in total. The van der Waals surface area contributed by atoms with Gasteiger partial charge in [0.2, 0.25) is 17.7 Å². The van der Waals surface area contributed by atoms with Gasteiger partial charge in [0.1, 0.15) is 5.54 Å². The lowest BCUT2D eigenvalue weighted by molar-refractivity contribution is -0.253. The number of ether oxygens (including phenoxy) is 2. The Hall–Kier alpha value is -4.33. The topological polar surface area (TPSA) is 153 Å². The van der Waals surface area contributed by atoms with Gasteiger partial charge in [0, 0.05) is 56.7 Å². The first-order chi connectivity index (χ1) is 24.9. The number of nitrogens with one attached hydrogen (secondary N) is 3. The lowest BCUT2D eigenvalue weighted by atomic mass is 9.85. The monoisotopic (exact) mass is 699 g/mol. The number of aliphatic hydroxyl groups excluding tert-OH is 1. The smallest absolute Gasteiger partial charge is 0.247 e. The Kier molecular flexibility index (Phi) is 12.3. The fourth-order valence-electron chi connectivity index (χ4n) is 7.34. The molecule has 3 amide bonds. The number of carbonyl (C=O) groups is 3. The lowest BCUT2D eigenvalue weighted by Gasteiger charge is -2.45. The minimum absolute atomic E-state index is 0.0192. The highest BCUT2D eigenvalue weighted by Gasteiger charge is 2.50. The summed E-state index contributed by atoms with van der Waals surface area (Å²) in [6.45, 7) is 3.17. The fraction of sp³-hybridized carbons (Fsp3) is 0.462. The van der Waals surface area contributed by atoms with E-state index in [2.05, 4.69) is 32.6 Å². The molecule has 272 valence electrons. The van der Waals surface area contributed by atoms with Crippen molar-refractivity contribution in [3.63, 3.8) is 0 Å². The van der Waals surface area contributed by atoms with Gasteiger partial charge in [-0.05, 0) is 54.5 Å². The van der Waals surface area contributed by atoms with E-state index in [-0.39, 0.29) is 37.0 Å². The van der Waals surface area contributed by atoms with Gasteiger partial charge in [-0.3, -0.25) is 19.6 Å². The van der Waals surface area contributed by atoms with Crippen LogP contribution >= 0.6 is 0 Å². The number of likely N-dealkylation sites (tertiary alicyclic amines) is 1. The lowest BCUT2D eigenvalue weighted by Crippen LogP contribution is -2.57. The molecule has 0 saturated carbocycles. The van der Waals surface area contributed by atoms with Crippen LogP contribution in [0.3, 0.4) is 0 Å². The summed E-state index contributed by atoms with van der Waals surface area (Å²) in [4.78, 5) is 41.3. The molecule has 3 atom stereocenters. The number of unbranched alkanes of at least 4 members (excludes halogenated alkanes) is 2. The summed E-state index contributed by atoms with van der Waals surface area (Å²) >= 11 is 0. The summed E-state index contributed by atoms with van der Waals surface area (Å²) < 4.78 is 13.2. The van der Waals surface area contributed by atoms with Crippen LogP contribution in [0.5, 0.6) is 0 Å². The van der Waals surface area contributed by atoms with E-state index in [1.165, 1.54) is 0 Å². The first-order valence-corrected chi connectivity index (χ1v) is 18.0. The summed E-state index contributed by atoms with van der Waals surface area (Å²) in [5.74, 6) is -0.362. The van der Waals surface area contributed by atoms with Gasteiger partial charge < -0.3 is 35.0 Å². The van der Waals surface area contributed by atoms with Crippen LogP contribution in [-0.2, 0) is 37.0 Å². The van der Waals surface area contributed by atoms with Gasteiger partial charge in [-0.1, -0.05) is 73.2 Å². The van der Waals surface area contributed by atoms with Crippen molar-refractivity contribution in [2.24, 2.45) is 0 Å². The zero-order valence-electron chi connectivity index (χ0n) is 29.0. The third-order valence-corrected chi connectivity index (χ3v) is 10.3. The van der Waals surface area contributed by atoms with Crippen LogP contribution in [0.2, 0.25) is 0 Å². The average Bonchev–Trinajstić information content (AvgIpc) is 3.49. The standard InChI is InChI=1S/C39H49N5O7/c45-26-29-13-15-30(16-14-29)34-23-33(25-43-21-19-39(20-22-43)38(48)41-27-44(39)32-7-3-1-4-8-32)50-37(51-34)31-17-11-28(12-18-31)24-40-35(46)9-5-2-6-10-36(47)42-49/h1,3-4,7-8,11-18,33-34,37,45,49H,2,5-6,9-10,19-27H2,(H,40,46)(H,41,48)(H,42,47)/t33-,34+,37+/m1/s1. The van der Waals surface area contributed by atoms with Gasteiger partial charge in [0.05, 0.1) is 25.5 Å². The molecule has 3 saturated heterocycles. The van der Waals surface area contributed by atoms with E-state index >= 15 is 0 Å². The van der Waals surface area contributed by atoms with E-state index in [1.54, 1.807) is 5.48 Å². The van der Waals surface area contributed by atoms with E-state index < -0.39 is 17.7 Å². The molecule has 0 radical (unpaired) electrons. The van der Waals surface area contributed by atoms with Gasteiger partial charge in [0.25, 0.3) is 0 Å².